The van der Waals surface area contributed by atoms with Gasteiger partial charge in [0.25, 0.3) is 5.91 Å². The molecule has 0 fully saturated rings. The first-order chi connectivity index (χ1) is 11.6. The molecule has 5 nitrogen and oxygen atoms in total. The van der Waals surface area contributed by atoms with Crippen LogP contribution in [0.3, 0.4) is 0 Å². The van der Waals surface area contributed by atoms with Gasteiger partial charge in [-0.3, -0.25) is 4.79 Å². The van der Waals surface area contributed by atoms with Gasteiger partial charge in [0.1, 0.15) is 5.75 Å². The largest absolute Gasteiger partial charge is 0.484 e. The number of hydrogen-bond donors (Lipinski definition) is 1. The summed E-state index contributed by atoms with van der Waals surface area (Å²) in [6.45, 7) is 2.62. The van der Waals surface area contributed by atoms with E-state index in [9.17, 15) is 4.79 Å². The minimum absolute atomic E-state index is 0.0301. The molecule has 0 unspecified atom stereocenters. The number of amides is 1. The number of aromatic nitrogens is 2. The van der Waals surface area contributed by atoms with Crippen LogP contribution >= 0.6 is 0 Å². The smallest absolute Gasteiger partial charge is 0.257 e. The van der Waals surface area contributed by atoms with Gasteiger partial charge in [-0.2, -0.15) is 0 Å². The van der Waals surface area contributed by atoms with Crippen LogP contribution in [0.4, 0.5) is 0 Å². The lowest BCUT2D eigenvalue weighted by molar-refractivity contribution is -0.123. The molecule has 1 aromatic heterocycles. The van der Waals surface area contributed by atoms with E-state index in [-0.39, 0.29) is 12.5 Å². The van der Waals surface area contributed by atoms with E-state index in [2.05, 4.69) is 28.5 Å². The third-order valence-corrected chi connectivity index (χ3v) is 3.92. The summed E-state index contributed by atoms with van der Waals surface area (Å²) >= 11 is 0. The van der Waals surface area contributed by atoms with Crippen LogP contribution in [0.5, 0.6) is 5.75 Å². The first kappa shape index (κ1) is 16.1. The highest BCUT2D eigenvalue weighted by molar-refractivity contribution is 5.78. The molecule has 3 aromatic rings. The van der Waals surface area contributed by atoms with Crippen LogP contribution < -0.4 is 10.1 Å². The van der Waals surface area contributed by atoms with Gasteiger partial charge in [-0.1, -0.05) is 23.8 Å². The van der Waals surface area contributed by atoms with E-state index in [1.165, 1.54) is 0 Å². The van der Waals surface area contributed by atoms with Gasteiger partial charge in [-0.25, -0.2) is 4.98 Å². The van der Waals surface area contributed by atoms with Crippen molar-refractivity contribution in [1.29, 1.82) is 0 Å². The standard InChI is InChI=1S/C19H21N3O2/c1-14-3-6-16(7-4-14)24-12-19(23)20-10-9-15-5-8-18-17(11-15)21-13-22(18)2/h3-8,11,13H,9-10,12H2,1-2H3,(H,20,23). The lowest BCUT2D eigenvalue weighted by Crippen LogP contribution is -2.30. The highest BCUT2D eigenvalue weighted by Crippen LogP contribution is 2.14. The molecule has 24 heavy (non-hydrogen) atoms. The molecule has 0 atom stereocenters. The van der Waals surface area contributed by atoms with E-state index in [4.69, 9.17) is 4.74 Å². The van der Waals surface area contributed by atoms with Crippen molar-refractivity contribution in [1.82, 2.24) is 14.9 Å². The van der Waals surface area contributed by atoms with Crippen LogP contribution in [0.2, 0.25) is 0 Å². The molecule has 124 valence electrons. The summed E-state index contributed by atoms with van der Waals surface area (Å²) < 4.78 is 7.45. The number of nitrogens with zero attached hydrogens (tertiary/aromatic N) is 2. The summed E-state index contributed by atoms with van der Waals surface area (Å²) in [5.74, 6) is 0.589. The Morgan fingerprint density at radius 1 is 1.21 bits per heavy atom. The summed E-state index contributed by atoms with van der Waals surface area (Å²) in [6, 6.07) is 13.8. The second-order valence-electron chi connectivity index (χ2n) is 5.88. The zero-order chi connectivity index (χ0) is 16.9. The third-order valence-electron chi connectivity index (χ3n) is 3.92. The Bertz CT molecular complexity index is 837. The van der Waals surface area contributed by atoms with Crippen molar-refractivity contribution >= 4 is 16.9 Å². The molecule has 0 aliphatic heterocycles. The Labute approximate surface area is 141 Å². The topological polar surface area (TPSA) is 56.1 Å². The number of hydrogen-bond acceptors (Lipinski definition) is 3. The molecule has 2 aromatic carbocycles. The molecule has 0 saturated heterocycles. The number of carbonyl (C=O) groups is 1. The van der Waals surface area contributed by atoms with E-state index in [1.807, 2.05) is 42.8 Å². The molecule has 1 N–H and O–H groups in total. The van der Waals surface area contributed by atoms with Crippen molar-refractivity contribution in [3.05, 3.63) is 59.9 Å². The lowest BCUT2D eigenvalue weighted by Gasteiger charge is -2.08. The molecular weight excluding hydrogens is 302 g/mol. The summed E-state index contributed by atoms with van der Waals surface area (Å²) in [7, 11) is 1.98. The summed E-state index contributed by atoms with van der Waals surface area (Å²) in [5.41, 5.74) is 4.40. The van der Waals surface area contributed by atoms with Gasteiger partial charge in [-0.15, -0.1) is 0 Å². The molecule has 0 saturated carbocycles. The number of carbonyl (C=O) groups excluding carboxylic acids is 1. The number of nitrogens with one attached hydrogen (secondary N) is 1. The van der Waals surface area contributed by atoms with Gasteiger partial charge in [0.05, 0.1) is 17.4 Å². The quantitative estimate of drug-likeness (QED) is 0.759. The first-order valence-electron chi connectivity index (χ1n) is 7.98. The Morgan fingerprint density at radius 2 is 2.00 bits per heavy atom. The van der Waals surface area contributed by atoms with Crippen molar-refractivity contribution in [2.45, 2.75) is 13.3 Å². The Morgan fingerprint density at radius 3 is 2.79 bits per heavy atom. The number of imidazole rings is 1. The minimum atomic E-state index is -0.116. The number of benzene rings is 2. The van der Waals surface area contributed by atoms with Crippen molar-refractivity contribution in [3.8, 4) is 5.75 Å². The Hall–Kier alpha value is -2.82. The maximum absolute atomic E-state index is 11.8. The average Bonchev–Trinajstić information content (AvgIpc) is 2.95. The lowest BCUT2D eigenvalue weighted by atomic mass is 10.1. The van der Waals surface area contributed by atoms with Gasteiger partial charge in [0.15, 0.2) is 6.61 Å². The molecule has 0 radical (unpaired) electrons. The molecule has 3 rings (SSSR count). The monoisotopic (exact) mass is 323 g/mol. The zero-order valence-corrected chi connectivity index (χ0v) is 14.0. The van der Waals surface area contributed by atoms with Crippen LogP contribution in [-0.2, 0) is 18.3 Å². The normalized spacial score (nSPS) is 10.8. The van der Waals surface area contributed by atoms with Gasteiger partial charge in [0, 0.05) is 13.6 Å². The van der Waals surface area contributed by atoms with E-state index in [1.54, 1.807) is 6.33 Å². The molecule has 0 aliphatic rings. The Balaban J connectivity index is 1.44. The molecule has 1 amide bonds. The average molecular weight is 323 g/mol. The fraction of sp³-hybridized carbons (Fsp3) is 0.263. The van der Waals surface area contributed by atoms with Crippen molar-refractivity contribution < 1.29 is 9.53 Å². The molecule has 0 bridgehead atoms. The molecule has 5 heteroatoms. The summed E-state index contributed by atoms with van der Waals surface area (Å²) in [6.07, 6.45) is 2.57. The summed E-state index contributed by atoms with van der Waals surface area (Å²) in [5, 5.41) is 2.88. The number of fused-ring (bicyclic) bond motifs is 1. The van der Waals surface area contributed by atoms with Crippen molar-refractivity contribution in [2.24, 2.45) is 7.05 Å². The maximum atomic E-state index is 11.8. The van der Waals surface area contributed by atoms with E-state index < -0.39 is 0 Å². The van der Waals surface area contributed by atoms with E-state index in [0.29, 0.717) is 12.3 Å². The zero-order valence-electron chi connectivity index (χ0n) is 14.0. The summed E-state index contributed by atoms with van der Waals surface area (Å²) in [4.78, 5) is 16.2. The molecule has 0 aliphatic carbocycles. The molecular formula is C19H21N3O2. The van der Waals surface area contributed by atoms with Crippen LogP contribution in [0.25, 0.3) is 11.0 Å². The van der Waals surface area contributed by atoms with Crippen LogP contribution in [0, 0.1) is 6.92 Å². The van der Waals surface area contributed by atoms with Crippen molar-refractivity contribution in [3.63, 3.8) is 0 Å². The van der Waals surface area contributed by atoms with Gasteiger partial charge in [0.2, 0.25) is 0 Å². The van der Waals surface area contributed by atoms with Crippen molar-refractivity contribution in [2.75, 3.05) is 13.2 Å². The SMILES string of the molecule is Cc1ccc(OCC(=O)NCCc2ccc3c(c2)ncn3C)cc1. The van der Waals surface area contributed by atoms with Crippen LogP contribution in [0.1, 0.15) is 11.1 Å². The predicted octanol–water partition coefficient (Wildman–Crippen LogP) is 2.62. The van der Waals surface area contributed by atoms with Crippen LogP contribution in [-0.4, -0.2) is 28.6 Å². The molecule has 0 spiro atoms. The van der Waals surface area contributed by atoms with E-state index >= 15 is 0 Å². The maximum Gasteiger partial charge on any atom is 0.257 e. The number of aryl methyl sites for hydroxylation is 2. The third kappa shape index (κ3) is 3.93. The van der Waals surface area contributed by atoms with Gasteiger partial charge >= 0.3 is 0 Å². The second kappa shape index (κ2) is 7.17. The second-order valence-corrected chi connectivity index (χ2v) is 5.88. The van der Waals surface area contributed by atoms with Gasteiger partial charge < -0.3 is 14.6 Å². The number of rotatable bonds is 6. The fourth-order valence-corrected chi connectivity index (χ4v) is 2.52. The first-order valence-corrected chi connectivity index (χ1v) is 7.98. The number of ether oxygens (including phenoxy) is 1. The Kier molecular flexibility index (Phi) is 4.79. The highest BCUT2D eigenvalue weighted by atomic mass is 16.5. The minimum Gasteiger partial charge on any atom is -0.484 e. The fourth-order valence-electron chi connectivity index (χ4n) is 2.52. The van der Waals surface area contributed by atoms with E-state index in [0.717, 1.165) is 28.6 Å². The predicted molar refractivity (Wildman–Crippen MR) is 94.1 cm³/mol. The van der Waals surface area contributed by atoms with Gasteiger partial charge in [-0.05, 0) is 43.2 Å². The molecule has 1 heterocycles. The highest BCUT2D eigenvalue weighted by Gasteiger charge is 2.04. The van der Waals surface area contributed by atoms with Crippen LogP contribution in [0.15, 0.2) is 48.8 Å².